The predicted octanol–water partition coefficient (Wildman–Crippen LogP) is 4.09. The number of aromatic amines is 1. The molecule has 0 radical (unpaired) electrons. The molecule has 0 saturated heterocycles. The molecule has 1 heterocycles. The Morgan fingerprint density at radius 3 is 2.71 bits per heavy atom. The Morgan fingerprint density at radius 2 is 1.90 bits per heavy atom. The van der Waals surface area contributed by atoms with Crippen LogP contribution in [-0.4, -0.2) is 28.8 Å². The van der Waals surface area contributed by atoms with Gasteiger partial charge in [-0.2, -0.15) is 16.9 Å². The van der Waals surface area contributed by atoms with Crippen LogP contribution in [0, 0.1) is 0 Å². The average molecular weight is 303 g/mol. The summed E-state index contributed by atoms with van der Waals surface area (Å²) >= 11 is 1.94. The highest BCUT2D eigenvalue weighted by Gasteiger charge is 2.06. The molecule has 0 aliphatic carbocycles. The summed E-state index contributed by atoms with van der Waals surface area (Å²) in [5.41, 5.74) is 3.57. The second kappa shape index (κ2) is 9.64. The van der Waals surface area contributed by atoms with E-state index in [1.807, 2.05) is 24.0 Å². The van der Waals surface area contributed by atoms with Gasteiger partial charge in [-0.1, -0.05) is 43.2 Å². The molecule has 1 aromatic carbocycles. The Hall–Kier alpha value is -1.26. The number of aromatic nitrogens is 2. The van der Waals surface area contributed by atoms with E-state index < -0.39 is 0 Å². The van der Waals surface area contributed by atoms with Crippen molar-refractivity contribution in [1.82, 2.24) is 15.5 Å². The van der Waals surface area contributed by atoms with Crippen LogP contribution in [-0.2, 0) is 6.54 Å². The first kappa shape index (κ1) is 16.1. The Morgan fingerprint density at radius 1 is 1.10 bits per heavy atom. The van der Waals surface area contributed by atoms with Gasteiger partial charge < -0.3 is 5.32 Å². The highest BCUT2D eigenvalue weighted by Crippen LogP contribution is 2.20. The average Bonchev–Trinajstić information content (AvgIpc) is 2.99. The summed E-state index contributed by atoms with van der Waals surface area (Å²) in [6.45, 7) is 1.96. The summed E-state index contributed by atoms with van der Waals surface area (Å²) in [4.78, 5) is 0. The Labute approximate surface area is 131 Å². The number of hydrogen-bond acceptors (Lipinski definition) is 3. The van der Waals surface area contributed by atoms with E-state index in [-0.39, 0.29) is 0 Å². The minimum atomic E-state index is 0.880. The first-order chi connectivity index (χ1) is 10.4. The first-order valence-electron chi connectivity index (χ1n) is 7.69. The molecule has 0 bridgehead atoms. The van der Waals surface area contributed by atoms with Gasteiger partial charge in [0.15, 0.2) is 0 Å². The lowest BCUT2D eigenvalue weighted by Gasteiger charge is -2.06. The van der Waals surface area contributed by atoms with E-state index in [4.69, 9.17) is 0 Å². The summed E-state index contributed by atoms with van der Waals surface area (Å²) in [6, 6.07) is 10.4. The summed E-state index contributed by atoms with van der Waals surface area (Å²) in [5.74, 6) is 1.29. The zero-order chi connectivity index (χ0) is 14.8. The van der Waals surface area contributed by atoms with Crippen molar-refractivity contribution in [2.75, 3.05) is 18.6 Å². The zero-order valence-electron chi connectivity index (χ0n) is 12.8. The van der Waals surface area contributed by atoms with Crippen molar-refractivity contribution in [1.29, 1.82) is 0 Å². The number of rotatable bonds is 10. The summed E-state index contributed by atoms with van der Waals surface area (Å²) in [5, 5.41) is 10.8. The molecule has 0 amide bonds. The quantitative estimate of drug-likeness (QED) is 0.650. The molecular formula is C17H25N3S. The standard InChI is InChI=1S/C17H25N3S/c1-21-12-8-3-2-7-11-18-13-16-14-19-20-17(16)15-9-5-4-6-10-15/h4-6,9-10,14,18H,2-3,7-8,11-13H2,1H3,(H,19,20). The number of unbranched alkanes of at least 4 members (excludes halogenated alkanes) is 3. The third-order valence-corrected chi connectivity index (χ3v) is 4.24. The van der Waals surface area contributed by atoms with Gasteiger partial charge in [0.25, 0.3) is 0 Å². The van der Waals surface area contributed by atoms with Gasteiger partial charge in [-0.25, -0.2) is 0 Å². The lowest BCUT2D eigenvalue weighted by molar-refractivity contribution is 0.600. The second-order valence-corrected chi connectivity index (χ2v) is 6.21. The fraction of sp³-hybridized carbons (Fsp3) is 0.471. The number of hydrogen-bond donors (Lipinski definition) is 2. The summed E-state index contributed by atoms with van der Waals surface area (Å²) in [6.07, 6.45) is 9.38. The SMILES string of the molecule is CSCCCCCCNCc1cn[nH]c1-c1ccccc1. The highest BCUT2D eigenvalue weighted by atomic mass is 32.2. The molecule has 3 nitrogen and oxygen atoms in total. The molecule has 4 heteroatoms. The minimum absolute atomic E-state index is 0.880. The number of benzene rings is 1. The first-order valence-corrected chi connectivity index (χ1v) is 9.08. The highest BCUT2D eigenvalue weighted by molar-refractivity contribution is 7.98. The van der Waals surface area contributed by atoms with Crippen LogP contribution < -0.4 is 5.32 Å². The normalized spacial score (nSPS) is 10.9. The maximum Gasteiger partial charge on any atom is 0.0695 e. The van der Waals surface area contributed by atoms with Crippen LogP contribution in [0.4, 0.5) is 0 Å². The molecule has 0 aliphatic heterocycles. The molecule has 1 aromatic heterocycles. The largest absolute Gasteiger partial charge is 0.313 e. The monoisotopic (exact) mass is 303 g/mol. The van der Waals surface area contributed by atoms with Crippen LogP contribution in [0.15, 0.2) is 36.5 Å². The van der Waals surface area contributed by atoms with Crippen molar-refractivity contribution in [2.24, 2.45) is 0 Å². The van der Waals surface area contributed by atoms with Crippen LogP contribution in [0.3, 0.4) is 0 Å². The van der Waals surface area contributed by atoms with Gasteiger partial charge >= 0.3 is 0 Å². The van der Waals surface area contributed by atoms with E-state index in [2.05, 4.69) is 46.0 Å². The van der Waals surface area contributed by atoms with Crippen molar-refractivity contribution in [3.05, 3.63) is 42.1 Å². The van der Waals surface area contributed by atoms with Crippen LogP contribution in [0.1, 0.15) is 31.2 Å². The fourth-order valence-corrected chi connectivity index (χ4v) is 2.87. The van der Waals surface area contributed by atoms with Crippen molar-refractivity contribution in [3.63, 3.8) is 0 Å². The molecule has 2 aromatic rings. The zero-order valence-corrected chi connectivity index (χ0v) is 13.6. The van der Waals surface area contributed by atoms with E-state index in [0.29, 0.717) is 0 Å². The van der Waals surface area contributed by atoms with E-state index >= 15 is 0 Å². The van der Waals surface area contributed by atoms with E-state index in [1.54, 1.807) is 0 Å². The van der Waals surface area contributed by atoms with Crippen LogP contribution in [0.5, 0.6) is 0 Å². The minimum Gasteiger partial charge on any atom is -0.313 e. The Bertz CT molecular complexity index is 496. The molecule has 0 atom stereocenters. The second-order valence-electron chi connectivity index (χ2n) is 5.22. The number of nitrogens with one attached hydrogen (secondary N) is 2. The van der Waals surface area contributed by atoms with Gasteiger partial charge in [-0.05, 0) is 37.0 Å². The molecule has 0 spiro atoms. The maximum absolute atomic E-state index is 4.18. The summed E-state index contributed by atoms with van der Waals surface area (Å²) in [7, 11) is 0. The summed E-state index contributed by atoms with van der Waals surface area (Å²) < 4.78 is 0. The van der Waals surface area contributed by atoms with E-state index in [1.165, 1.54) is 42.6 Å². The molecule has 2 rings (SSSR count). The lowest BCUT2D eigenvalue weighted by Crippen LogP contribution is -2.14. The van der Waals surface area contributed by atoms with Crippen molar-refractivity contribution >= 4 is 11.8 Å². The topological polar surface area (TPSA) is 40.7 Å². The number of nitrogens with zero attached hydrogens (tertiary/aromatic N) is 1. The molecule has 114 valence electrons. The van der Waals surface area contributed by atoms with Gasteiger partial charge in [0, 0.05) is 12.1 Å². The predicted molar refractivity (Wildman–Crippen MR) is 92.6 cm³/mol. The van der Waals surface area contributed by atoms with E-state index in [0.717, 1.165) is 18.8 Å². The fourth-order valence-electron chi connectivity index (χ4n) is 2.37. The lowest BCUT2D eigenvalue weighted by atomic mass is 10.1. The van der Waals surface area contributed by atoms with Crippen molar-refractivity contribution in [3.8, 4) is 11.3 Å². The Balaban J connectivity index is 1.69. The third-order valence-electron chi connectivity index (χ3n) is 3.55. The van der Waals surface area contributed by atoms with Gasteiger partial charge in [0.2, 0.25) is 0 Å². The molecule has 2 N–H and O–H groups in total. The smallest absolute Gasteiger partial charge is 0.0695 e. The number of thioether (sulfide) groups is 1. The molecule has 0 saturated carbocycles. The van der Waals surface area contributed by atoms with Crippen LogP contribution >= 0.6 is 11.8 Å². The third kappa shape index (κ3) is 5.56. The van der Waals surface area contributed by atoms with Gasteiger partial charge in [0.05, 0.1) is 11.9 Å². The Kier molecular flexibility index (Phi) is 7.39. The van der Waals surface area contributed by atoms with Gasteiger partial charge in [-0.3, -0.25) is 5.10 Å². The van der Waals surface area contributed by atoms with Crippen molar-refractivity contribution < 1.29 is 0 Å². The maximum atomic E-state index is 4.18. The molecule has 0 aliphatic rings. The number of H-pyrrole nitrogens is 1. The van der Waals surface area contributed by atoms with E-state index in [9.17, 15) is 0 Å². The van der Waals surface area contributed by atoms with Gasteiger partial charge in [-0.15, -0.1) is 0 Å². The van der Waals surface area contributed by atoms with Crippen LogP contribution in [0.25, 0.3) is 11.3 Å². The van der Waals surface area contributed by atoms with Gasteiger partial charge in [0.1, 0.15) is 0 Å². The molecule has 0 unspecified atom stereocenters. The van der Waals surface area contributed by atoms with Crippen LogP contribution in [0.2, 0.25) is 0 Å². The molecule has 21 heavy (non-hydrogen) atoms. The molecular weight excluding hydrogens is 278 g/mol. The van der Waals surface area contributed by atoms with Crippen molar-refractivity contribution in [2.45, 2.75) is 32.2 Å². The molecule has 0 fully saturated rings.